The normalized spacial score (nSPS) is 26.8. The molecule has 1 amide bonds. The van der Waals surface area contributed by atoms with Crippen LogP contribution in [0.1, 0.15) is 27.0 Å². The van der Waals surface area contributed by atoms with E-state index >= 15 is 0 Å². The predicted octanol–water partition coefficient (Wildman–Crippen LogP) is 2.97. The molecule has 3 heterocycles. The highest BCUT2D eigenvalue weighted by molar-refractivity contribution is 7.11. The van der Waals surface area contributed by atoms with Gasteiger partial charge in [0.25, 0.3) is 5.91 Å². The number of amides is 1. The van der Waals surface area contributed by atoms with Gasteiger partial charge < -0.3 is 4.90 Å². The van der Waals surface area contributed by atoms with E-state index in [-0.39, 0.29) is 17.8 Å². The van der Waals surface area contributed by atoms with Crippen LogP contribution in [0.15, 0.2) is 29.8 Å². The minimum absolute atomic E-state index is 0.0880. The second-order valence-corrected chi connectivity index (χ2v) is 7.70. The van der Waals surface area contributed by atoms with E-state index < -0.39 is 0 Å². The first-order valence-corrected chi connectivity index (χ1v) is 9.07. The molecule has 2 saturated heterocycles. The molecular formula is C18H20FN3OS. The molecule has 0 N–H and O–H groups in total. The van der Waals surface area contributed by atoms with E-state index in [1.165, 1.54) is 17.4 Å². The summed E-state index contributed by atoms with van der Waals surface area (Å²) in [7, 11) is 2.09. The number of rotatable bonds is 2. The summed E-state index contributed by atoms with van der Waals surface area (Å²) in [5, 5.41) is 0. The lowest BCUT2D eigenvalue weighted by Gasteiger charge is -2.26. The second kappa shape index (κ2) is 5.93. The van der Waals surface area contributed by atoms with Gasteiger partial charge in [-0.05, 0) is 37.6 Å². The molecule has 2 aromatic rings. The van der Waals surface area contributed by atoms with Crippen LogP contribution < -0.4 is 0 Å². The van der Waals surface area contributed by atoms with Crippen LogP contribution in [-0.2, 0) is 0 Å². The van der Waals surface area contributed by atoms with Crippen molar-refractivity contribution in [1.29, 1.82) is 0 Å². The topological polar surface area (TPSA) is 36.4 Å². The van der Waals surface area contributed by atoms with E-state index in [9.17, 15) is 9.18 Å². The Kier molecular flexibility index (Phi) is 3.89. The number of halogens is 1. The van der Waals surface area contributed by atoms with Crippen LogP contribution in [0.5, 0.6) is 0 Å². The van der Waals surface area contributed by atoms with Crippen molar-refractivity contribution in [3.05, 3.63) is 51.7 Å². The van der Waals surface area contributed by atoms with Crippen LogP contribution >= 0.6 is 11.3 Å². The quantitative estimate of drug-likeness (QED) is 0.840. The summed E-state index contributed by atoms with van der Waals surface area (Å²) in [6, 6.07) is 7.04. The van der Waals surface area contributed by atoms with Crippen LogP contribution in [0.25, 0.3) is 0 Å². The lowest BCUT2D eigenvalue weighted by atomic mass is 9.89. The van der Waals surface area contributed by atoms with Gasteiger partial charge in [0.05, 0.1) is 11.2 Å². The number of thiazole rings is 1. The van der Waals surface area contributed by atoms with Crippen molar-refractivity contribution in [2.45, 2.75) is 13.0 Å². The number of benzene rings is 1. The maximum absolute atomic E-state index is 13.6. The maximum atomic E-state index is 13.6. The standard InChI is InChI=1S/C18H20FN3OS/c1-11-17(24-10-20-11)18(23)22-8-13-7-21(2)16(15(13)9-22)12-4-3-5-14(19)6-12/h3-6,10,13,15-16H,7-9H2,1-2H3/t13-,15+,16-/m0/s1. The van der Waals surface area contributed by atoms with Gasteiger partial charge in [-0.15, -0.1) is 11.3 Å². The van der Waals surface area contributed by atoms with Gasteiger partial charge >= 0.3 is 0 Å². The third kappa shape index (κ3) is 2.54. The van der Waals surface area contributed by atoms with E-state index in [1.54, 1.807) is 17.6 Å². The highest BCUT2D eigenvalue weighted by atomic mass is 32.1. The molecule has 4 rings (SSSR count). The molecule has 0 radical (unpaired) electrons. The lowest BCUT2D eigenvalue weighted by Crippen LogP contribution is -2.33. The smallest absolute Gasteiger partial charge is 0.265 e. The van der Waals surface area contributed by atoms with Gasteiger partial charge in [-0.2, -0.15) is 0 Å². The Balaban J connectivity index is 1.57. The van der Waals surface area contributed by atoms with Gasteiger partial charge in [0.2, 0.25) is 0 Å². The van der Waals surface area contributed by atoms with E-state index in [1.807, 2.05) is 17.9 Å². The molecule has 0 spiro atoms. The van der Waals surface area contributed by atoms with Crippen LogP contribution in [0.2, 0.25) is 0 Å². The SMILES string of the molecule is Cc1ncsc1C(=O)N1C[C@@H]2CN(C)[C@@H](c3cccc(F)c3)[C@@H]2C1. The lowest BCUT2D eigenvalue weighted by molar-refractivity contribution is 0.0771. The Bertz CT molecular complexity index is 777. The fraction of sp³-hybridized carbons (Fsp3) is 0.444. The zero-order valence-electron chi connectivity index (χ0n) is 13.8. The molecule has 4 nitrogen and oxygen atoms in total. The number of carbonyl (C=O) groups excluding carboxylic acids is 1. The Morgan fingerprint density at radius 1 is 1.33 bits per heavy atom. The fourth-order valence-corrected chi connectivity index (χ4v) is 5.04. The fourth-order valence-electron chi connectivity index (χ4n) is 4.27. The zero-order chi connectivity index (χ0) is 16.8. The van der Waals surface area contributed by atoms with Crippen molar-refractivity contribution >= 4 is 17.2 Å². The van der Waals surface area contributed by atoms with Crippen molar-refractivity contribution in [3.8, 4) is 0 Å². The van der Waals surface area contributed by atoms with Crippen LogP contribution in [0.3, 0.4) is 0 Å². The number of aryl methyl sites for hydroxylation is 1. The van der Waals surface area contributed by atoms with Gasteiger partial charge in [-0.25, -0.2) is 9.37 Å². The van der Waals surface area contributed by atoms with E-state index in [0.717, 1.165) is 35.8 Å². The first-order chi connectivity index (χ1) is 11.5. The minimum Gasteiger partial charge on any atom is -0.337 e. The molecule has 0 saturated carbocycles. The Hall–Kier alpha value is -1.79. The summed E-state index contributed by atoms with van der Waals surface area (Å²) in [5.74, 6) is 0.690. The molecule has 0 aliphatic carbocycles. The molecule has 2 aliphatic rings. The monoisotopic (exact) mass is 345 g/mol. The number of carbonyl (C=O) groups is 1. The predicted molar refractivity (Wildman–Crippen MR) is 91.5 cm³/mol. The second-order valence-electron chi connectivity index (χ2n) is 6.84. The number of hydrogen-bond donors (Lipinski definition) is 0. The molecule has 24 heavy (non-hydrogen) atoms. The maximum Gasteiger partial charge on any atom is 0.265 e. The minimum atomic E-state index is -0.199. The molecule has 0 bridgehead atoms. The number of hydrogen-bond acceptors (Lipinski definition) is 4. The summed E-state index contributed by atoms with van der Waals surface area (Å²) in [4.78, 5) is 21.9. The molecule has 1 aromatic heterocycles. The molecule has 0 unspecified atom stereocenters. The Labute approximate surface area is 144 Å². The van der Waals surface area contributed by atoms with Crippen molar-refractivity contribution < 1.29 is 9.18 Å². The average Bonchev–Trinajstić information content (AvgIpc) is 3.20. The van der Waals surface area contributed by atoms with E-state index in [0.29, 0.717) is 11.8 Å². The third-order valence-electron chi connectivity index (χ3n) is 5.31. The molecular weight excluding hydrogens is 325 g/mol. The largest absolute Gasteiger partial charge is 0.337 e. The molecule has 126 valence electrons. The van der Waals surface area contributed by atoms with Crippen molar-refractivity contribution in [1.82, 2.24) is 14.8 Å². The van der Waals surface area contributed by atoms with Crippen LogP contribution in [0.4, 0.5) is 4.39 Å². The van der Waals surface area contributed by atoms with Crippen molar-refractivity contribution in [2.75, 3.05) is 26.7 Å². The molecule has 6 heteroatoms. The molecule has 1 aromatic carbocycles. The Morgan fingerprint density at radius 3 is 2.88 bits per heavy atom. The van der Waals surface area contributed by atoms with E-state index in [2.05, 4.69) is 16.9 Å². The van der Waals surface area contributed by atoms with Gasteiger partial charge in [-0.1, -0.05) is 12.1 Å². The van der Waals surface area contributed by atoms with Gasteiger partial charge in [0.1, 0.15) is 10.7 Å². The Morgan fingerprint density at radius 2 is 2.17 bits per heavy atom. The summed E-state index contributed by atoms with van der Waals surface area (Å²) < 4.78 is 13.6. The molecule has 2 fully saturated rings. The van der Waals surface area contributed by atoms with Crippen LogP contribution in [0, 0.1) is 24.6 Å². The summed E-state index contributed by atoms with van der Waals surface area (Å²) in [5.41, 5.74) is 3.54. The van der Waals surface area contributed by atoms with Gasteiger partial charge in [0, 0.05) is 31.6 Å². The number of fused-ring (bicyclic) bond motifs is 1. The van der Waals surface area contributed by atoms with E-state index in [4.69, 9.17) is 0 Å². The number of aromatic nitrogens is 1. The summed E-state index contributed by atoms with van der Waals surface area (Å²) >= 11 is 1.41. The zero-order valence-corrected chi connectivity index (χ0v) is 14.6. The number of nitrogens with zero attached hydrogens (tertiary/aromatic N) is 3. The summed E-state index contributed by atoms with van der Waals surface area (Å²) in [6.45, 7) is 4.32. The van der Waals surface area contributed by atoms with Crippen LogP contribution in [-0.4, -0.2) is 47.4 Å². The van der Waals surface area contributed by atoms with Gasteiger partial charge in [-0.3, -0.25) is 9.69 Å². The van der Waals surface area contributed by atoms with Gasteiger partial charge in [0.15, 0.2) is 0 Å². The third-order valence-corrected chi connectivity index (χ3v) is 6.23. The number of likely N-dealkylation sites (tertiary alicyclic amines) is 2. The first kappa shape index (κ1) is 15.7. The molecule has 2 aliphatic heterocycles. The average molecular weight is 345 g/mol. The highest BCUT2D eigenvalue weighted by Gasteiger charge is 2.47. The van der Waals surface area contributed by atoms with Crippen molar-refractivity contribution in [2.24, 2.45) is 11.8 Å². The molecule has 3 atom stereocenters. The highest BCUT2D eigenvalue weighted by Crippen LogP contribution is 2.44. The summed E-state index contributed by atoms with van der Waals surface area (Å²) in [6.07, 6.45) is 0. The van der Waals surface area contributed by atoms with Crippen molar-refractivity contribution in [3.63, 3.8) is 0 Å². The first-order valence-electron chi connectivity index (χ1n) is 8.19.